The molecule has 0 aliphatic carbocycles. The highest BCUT2D eigenvalue weighted by molar-refractivity contribution is 5.96. The van der Waals surface area contributed by atoms with Crippen molar-refractivity contribution >= 4 is 11.9 Å². The van der Waals surface area contributed by atoms with Gasteiger partial charge in [-0.1, -0.05) is 24.3 Å². The summed E-state index contributed by atoms with van der Waals surface area (Å²) in [6.07, 6.45) is 0. The topological polar surface area (TPSA) is 98.1 Å². The summed E-state index contributed by atoms with van der Waals surface area (Å²) in [6.45, 7) is -0.366. The molecule has 8 nitrogen and oxygen atoms in total. The van der Waals surface area contributed by atoms with Crippen LogP contribution in [0, 0.1) is 17.7 Å². The van der Waals surface area contributed by atoms with Crippen molar-refractivity contribution in [3.8, 4) is 16.9 Å². The van der Waals surface area contributed by atoms with Gasteiger partial charge in [0, 0.05) is 30.3 Å². The number of rotatable bonds is 5. The number of ether oxygens (including phenoxy) is 2. The lowest BCUT2D eigenvalue weighted by Gasteiger charge is -2.38. The third-order valence-electron chi connectivity index (χ3n) is 7.24. The average molecular weight is 493 g/mol. The van der Waals surface area contributed by atoms with Crippen LogP contribution in [-0.2, 0) is 16.1 Å². The van der Waals surface area contributed by atoms with Gasteiger partial charge in [-0.15, -0.1) is 0 Å². The Morgan fingerprint density at radius 3 is 2.56 bits per heavy atom. The molecule has 1 aromatic heterocycles. The van der Waals surface area contributed by atoms with Crippen molar-refractivity contribution in [3.05, 3.63) is 88.1 Å². The van der Waals surface area contributed by atoms with Crippen molar-refractivity contribution in [1.82, 2.24) is 9.47 Å². The van der Waals surface area contributed by atoms with E-state index in [1.165, 1.54) is 30.2 Å². The normalized spacial score (nSPS) is 22.2. The number of aliphatic hydroxyl groups excluding tert-OH is 1. The van der Waals surface area contributed by atoms with Crippen LogP contribution in [0.2, 0.25) is 0 Å². The van der Waals surface area contributed by atoms with E-state index in [-0.39, 0.29) is 17.7 Å². The first kappa shape index (κ1) is 23.7. The van der Waals surface area contributed by atoms with Gasteiger partial charge >= 0.3 is 5.97 Å². The van der Waals surface area contributed by atoms with Gasteiger partial charge in [-0.3, -0.25) is 14.4 Å². The van der Waals surface area contributed by atoms with Crippen molar-refractivity contribution in [2.24, 2.45) is 11.8 Å². The molecule has 5 rings (SSSR count). The molecule has 1 amide bonds. The third-order valence-corrected chi connectivity index (χ3v) is 7.24. The Bertz CT molecular complexity index is 1400. The molecular formula is C27H25FN2O6. The van der Waals surface area contributed by atoms with Gasteiger partial charge in [0.2, 0.25) is 0 Å². The molecule has 2 aliphatic rings. The first-order chi connectivity index (χ1) is 17.4. The fraction of sp³-hybridized carbons (Fsp3) is 0.296. The second-order valence-electron chi connectivity index (χ2n) is 8.92. The summed E-state index contributed by atoms with van der Waals surface area (Å²) in [4.78, 5) is 41.6. The largest absolute Gasteiger partial charge is 0.497 e. The van der Waals surface area contributed by atoms with Crippen LogP contribution in [0.4, 0.5) is 4.39 Å². The van der Waals surface area contributed by atoms with E-state index < -0.39 is 48.2 Å². The van der Waals surface area contributed by atoms with E-state index >= 15 is 0 Å². The summed E-state index contributed by atoms with van der Waals surface area (Å²) in [5.41, 5.74) is 1.09. The molecule has 0 unspecified atom stereocenters. The number of pyridine rings is 1. The van der Waals surface area contributed by atoms with Crippen LogP contribution in [0.3, 0.4) is 0 Å². The quantitative estimate of drug-likeness (QED) is 0.550. The fourth-order valence-corrected chi connectivity index (χ4v) is 5.57. The van der Waals surface area contributed by atoms with Crippen LogP contribution >= 0.6 is 0 Å². The van der Waals surface area contributed by atoms with Crippen molar-refractivity contribution in [2.75, 3.05) is 20.8 Å². The smallest absolute Gasteiger partial charge is 0.311 e. The van der Waals surface area contributed by atoms with Gasteiger partial charge in [0.15, 0.2) is 0 Å². The first-order valence-corrected chi connectivity index (χ1v) is 11.5. The van der Waals surface area contributed by atoms with Gasteiger partial charge in [-0.25, -0.2) is 4.39 Å². The Kier molecular flexibility index (Phi) is 6.09. The summed E-state index contributed by atoms with van der Waals surface area (Å²) in [5.74, 6) is -2.92. The third kappa shape index (κ3) is 3.58. The molecule has 36 heavy (non-hydrogen) atoms. The fourth-order valence-electron chi connectivity index (χ4n) is 5.57. The van der Waals surface area contributed by atoms with E-state index in [1.807, 2.05) is 0 Å². The van der Waals surface area contributed by atoms with Crippen molar-refractivity contribution in [3.63, 3.8) is 0 Å². The summed E-state index contributed by atoms with van der Waals surface area (Å²) in [5, 5.41) is 10.3. The monoisotopic (exact) mass is 492 g/mol. The predicted molar refractivity (Wildman–Crippen MR) is 128 cm³/mol. The van der Waals surface area contributed by atoms with Crippen LogP contribution in [0.1, 0.15) is 22.1 Å². The number of hydrogen-bond acceptors (Lipinski definition) is 6. The number of amides is 1. The number of esters is 1. The lowest BCUT2D eigenvalue weighted by Crippen LogP contribution is -2.49. The van der Waals surface area contributed by atoms with Crippen LogP contribution < -0.4 is 10.3 Å². The molecule has 2 aliphatic heterocycles. The molecule has 3 aromatic rings. The highest BCUT2D eigenvalue weighted by atomic mass is 19.1. The maximum absolute atomic E-state index is 14.6. The second-order valence-corrected chi connectivity index (χ2v) is 8.92. The first-order valence-electron chi connectivity index (χ1n) is 11.5. The predicted octanol–water partition coefficient (Wildman–Crippen LogP) is 2.64. The SMILES string of the molecule is COC(=O)[C@H]1[C@H](CO)[C@H]2Cn3c(ccc(-c4cccc(OC)c4)c3=O)[C@@H]1N2C(=O)c1ccccc1F. The molecule has 4 atom stereocenters. The minimum Gasteiger partial charge on any atom is -0.497 e. The standard InChI is InChI=1S/C27H25FN2O6/c1-35-16-7-5-6-15(12-16)17-10-11-21-24-23(27(34)36-2)19(14-31)22(13-29(21)25(17)32)30(24)26(33)18-8-3-4-9-20(18)28/h3-12,19,22-24,31H,13-14H2,1-2H3/t19-,22-,23+,24+/m1/s1. The number of methoxy groups -OCH3 is 2. The molecule has 186 valence electrons. The zero-order chi connectivity index (χ0) is 25.6. The number of hydrogen-bond donors (Lipinski definition) is 1. The molecule has 2 aromatic carbocycles. The number of carbonyl (C=O) groups is 2. The average Bonchev–Trinajstić information content (AvgIpc) is 3.14. The van der Waals surface area contributed by atoms with Crippen LogP contribution in [0.25, 0.3) is 11.1 Å². The minimum atomic E-state index is -0.920. The van der Waals surface area contributed by atoms with Crippen molar-refractivity contribution in [2.45, 2.75) is 18.6 Å². The Morgan fingerprint density at radius 1 is 1.08 bits per heavy atom. The number of benzene rings is 2. The molecule has 1 fully saturated rings. The summed E-state index contributed by atoms with van der Waals surface area (Å²) in [6, 6.07) is 14.4. The maximum atomic E-state index is 14.6. The highest BCUT2D eigenvalue weighted by Crippen LogP contribution is 2.49. The summed E-state index contributed by atoms with van der Waals surface area (Å²) < 4.78 is 26.4. The molecule has 0 radical (unpaired) electrons. The molecule has 1 N–H and O–H groups in total. The van der Waals surface area contributed by atoms with Gasteiger partial charge in [0.05, 0.1) is 37.8 Å². The van der Waals surface area contributed by atoms with Crippen LogP contribution in [0.15, 0.2) is 65.5 Å². The van der Waals surface area contributed by atoms with Crippen LogP contribution in [-0.4, -0.2) is 53.3 Å². The van der Waals surface area contributed by atoms with Gasteiger partial charge < -0.3 is 24.0 Å². The van der Waals surface area contributed by atoms with Crippen molar-refractivity contribution in [1.29, 1.82) is 0 Å². The summed E-state index contributed by atoms with van der Waals surface area (Å²) >= 11 is 0. The Balaban J connectivity index is 1.67. The van der Waals surface area contributed by atoms with Gasteiger partial charge in [0.25, 0.3) is 11.5 Å². The minimum absolute atomic E-state index is 0.0430. The van der Waals surface area contributed by atoms with Gasteiger partial charge in [-0.2, -0.15) is 0 Å². The molecule has 9 heteroatoms. The number of aromatic nitrogens is 1. The number of halogens is 1. The number of aliphatic hydroxyl groups is 1. The zero-order valence-electron chi connectivity index (χ0n) is 19.8. The van der Waals surface area contributed by atoms with Gasteiger partial charge in [0.1, 0.15) is 11.6 Å². The molecule has 3 heterocycles. The van der Waals surface area contributed by atoms with E-state index in [4.69, 9.17) is 9.47 Å². The van der Waals surface area contributed by atoms with E-state index in [2.05, 4.69) is 0 Å². The van der Waals surface area contributed by atoms with Crippen molar-refractivity contribution < 1.29 is 28.6 Å². The Hall–Kier alpha value is -3.98. The summed E-state index contributed by atoms with van der Waals surface area (Å²) in [7, 11) is 2.78. The molecular weight excluding hydrogens is 467 g/mol. The maximum Gasteiger partial charge on any atom is 0.311 e. The molecule has 0 spiro atoms. The number of fused-ring (bicyclic) bond motifs is 4. The highest BCUT2D eigenvalue weighted by Gasteiger charge is 2.58. The lowest BCUT2D eigenvalue weighted by atomic mass is 9.87. The van der Waals surface area contributed by atoms with E-state index in [9.17, 15) is 23.9 Å². The number of nitrogens with zero attached hydrogens (tertiary/aromatic N) is 2. The zero-order valence-corrected chi connectivity index (χ0v) is 19.8. The van der Waals surface area contributed by atoms with E-state index in [1.54, 1.807) is 54.1 Å². The molecule has 1 saturated heterocycles. The Labute approximate surface area is 206 Å². The molecule has 0 saturated carbocycles. The van der Waals surface area contributed by atoms with Gasteiger partial charge in [-0.05, 0) is 42.0 Å². The lowest BCUT2D eigenvalue weighted by molar-refractivity contribution is -0.148. The molecule has 2 bridgehead atoms. The van der Waals surface area contributed by atoms with Crippen LogP contribution in [0.5, 0.6) is 5.75 Å². The van der Waals surface area contributed by atoms with E-state index in [0.717, 1.165) is 0 Å². The Morgan fingerprint density at radius 2 is 1.86 bits per heavy atom. The number of carbonyl (C=O) groups excluding carboxylic acids is 2. The second kappa shape index (κ2) is 9.23. The van der Waals surface area contributed by atoms with E-state index in [0.29, 0.717) is 22.6 Å².